The predicted octanol–water partition coefficient (Wildman–Crippen LogP) is 1.39. The van der Waals surface area contributed by atoms with Crippen LogP contribution in [0.1, 0.15) is 43.2 Å². The molecule has 0 aliphatic carbocycles. The van der Waals surface area contributed by atoms with Gasteiger partial charge in [-0.3, -0.25) is 9.59 Å². The molecule has 0 radical (unpaired) electrons. The van der Waals surface area contributed by atoms with Crippen LogP contribution in [-0.4, -0.2) is 74.6 Å². The van der Waals surface area contributed by atoms with Crippen molar-refractivity contribution in [2.24, 2.45) is 0 Å². The topological polar surface area (TPSA) is 91.1 Å². The van der Waals surface area contributed by atoms with Gasteiger partial charge in [0.2, 0.25) is 11.0 Å². The van der Waals surface area contributed by atoms with Crippen LogP contribution in [0.3, 0.4) is 0 Å². The van der Waals surface area contributed by atoms with E-state index in [1.54, 1.807) is 14.1 Å². The smallest absolute Gasteiger partial charge is 0.290 e. The summed E-state index contributed by atoms with van der Waals surface area (Å²) in [5.74, 6) is -0.762. The van der Waals surface area contributed by atoms with E-state index in [1.807, 2.05) is 6.92 Å². The first-order chi connectivity index (χ1) is 12.3. The van der Waals surface area contributed by atoms with Crippen LogP contribution in [0.2, 0.25) is 0 Å². The first-order valence-corrected chi connectivity index (χ1v) is 10.3. The molecule has 0 atom stereocenters. The van der Waals surface area contributed by atoms with Gasteiger partial charge in [-0.2, -0.15) is 4.31 Å². The summed E-state index contributed by atoms with van der Waals surface area (Å²) >= 11 is 0. The SMILES string of the molecule is CCCN(CC(=O)N(C)C)C(=O)c1ccc(S(=O)(=O)N2CCCCC2)o1. The highest BCUT2D eigenvalue weighted by Crippen LogP contribution is 2.23. The van der Waals surface area contributed by atoms with E-state index in [4.69, 9.17) is 4.42 Å². The molecule has 0 aromatic carbocycles. The molecule has 1 saturated heterocycles. The second-order valence-electron chi connectivity index (χ2n) is 6.60. The van der Waals surface area contributed by atoms with Gasteiger partial charge in [0.1, 0.15) is 6.54 Å². The molecule has 1 aromatic rings. The monoisotopic (exact) mass is 385 g/mol. The largest absolute Gasteiger partial charge is 0.438 e. The number of likely N-dealkylation sites (N-methyl/N-ethyl adjacent to an activating group) is 1. The zero-order valence-electron chi connectivity index (χ0n) is 15.6. The van der Waals surface area contributed by atoms with E-state index in [0.29, 0.717) is 26.1 Å². The Labute approximate surface area is 154 Å². The summed E-state index contributed by atoms with van der Waals surface area (Å²) in [6.45, 7) is 3.13. The van der Waals surface area contributed by atoms with E-state index in [9.17, 15) is 18.0 Å². The summed E-state index contributed by atoms with van der Waals surface area (Å²) < 4.78 is 32.0. The van der Waals surface area contributed by atoms with E-state index < -0.39 is 15.9 Å². The standard InChI is InChI=1S/C17H27N3O5S/c1-4-10-19(13-15(21)18(2)3)17(22)14-8-9-16(25-14)26(23,24)20-11-6-5-7-12-20/h8-9H,4-7,10-13H2,1-3H3. The molecule has 1 fully saturated rings. The molecule has 26 heavy (non-hydrogen) atoms. The molecule has 0 N–H and O–H groups in total. The summed E-state index contributed by atoms with van der Waals surface area (Å²) in [5.41, 5.74) is 0. The number of hydrogen-bond acceptors (Lipinski definition) is 5. The fourth-order valence-corrected chi connectivity index (χ4v) is 4.22. The lowest BCUT2D eigenvalue weighted by atomic mass is 10.2. The number of rotatable bonds is 7. The van der Waals surface area contributed by atoms with Gasteiger partial charge in [-0.25, -0.2) is 8.42 Å². The third-order valence-electron chi connectivity index (χ3n) is 4.31. The van der Waals surface area contributed by atoms with Crippen LogP contribution in [0, 0.1) is 0 Å². The number of carbonyl (C=O) groups is 2. The fourth-order valence-electron chi connectivity index (χ4n) is 2.79. The van der Waals surface area contributed by atoms with Crippen molar-refractivity contribution in [2.75, 3.05) is 40.3 Å². The van der Waals surface area contributed by atoms with Crippen molar-refractivity contribution in [1.82, 2.24) is 14.1 Å². The predicted molar refractivity (Wildman–Crippen MR) is 96.2 cm³/mol. The number of carbonyl (C=O) groups excluding carboxylic acids is 2. The Morgan fingerprint density at radius 1 is 1.15 bits per heavy atom. The van der Waals surface area contributed by atoms with Crippen LogP contribution in [0.4, 0.5) is 0 Å². The van der Waals surface area contributed by atoms with Gasteiger partial charge in [0, 0.05) is 33.7 Å². The van der Waals surface area contributed by atoms with Crippen molar-refractivity contribution >= 4 is 21.8 Å². The number of furan rings is 1. The first kappa shape index (κ1) is 20.4. The minimum Gasteiger partial charge on any atom is -0.438 e. The molecule has 0 saturated carbocycles. The minimum absolute atomic E-state index is 0.0689. The van der Waals surface area contributed by atoms with Crippen LogP contribution in [0.5, 0.6) is 0 Å². The number of sulfonamides is 1. The Morgan fingerprint density at radius 3 is 2.38 bits per heavy atom. The highest BCUT2D eigenvalue weighted by Gasteiger charge is 2.30. The molecule has 9 heteroatoms. The van der Waals surface area contributed by atoms with Crippen molar-refractivity contribution in [3.63, 3.8) is 0 Å². The van der Waals surface area contributed by atoms with Gasteiger partial charge < -0.3 is 14.2 Å². The molecule has 1 aliphatic rings. The van der Waals surface area contributed by atoms with E-state index in [1.165, 1.54) is 26.2 Å². The van der Waals surface area contributed by atoms with Crippen molar-refractivity contribution < 1.29 is 22.4 Å². The van der Waals surface area contributed by atoms with Crippen molar-refractivity contribution in [3.8, 4) is 0 Å². The summed E-state index contributed by atoms with van der Waals surface area (Å²) in [4.78, 5) is 27.4. The summed E-state index contributed by atoms with van der Waals surface area (Å²) in [5, 5.41) is -0.224. The van der Waals surface area contributed by atoms with Crippen molar-refractivity contribution in [3.05, 3.63) is 17.9 Å². The van der Waals surface area contributed by atoms with E-state index in [2.05, 4.69) is 0 Å². The fraction of sp³-hybridized carbons (Fsp3) is 0.647. The van der Waals surface area contributed by atoms with Gasteiger partial charge in [0.25, 0.3) is 15.9 Å². The number of nitrogens with zero attached hydrogens (tertiary/aromatic N) is 3. The van der Waals surface area contributed by atoms with Crippen LogP contribution < -0.4 is 0 Å². The van der Waals surface area contributed by atoms with Crippen LogP contribution in [0.25, 0.3) is 0 Å². The average molecular weight is 385 g/mol. The zero-order chi connectivity index (χ0) is 19.3. The first-order valence-electron chi connectivity index (χ1n) is 8.86. The highest BCUT2D eigenvalue weighted by atomic mass is 32.2. The average Bonchev–Trinajstić information content (AvgIpc) is 3.12. The van der Waals surface area contributed by atoms with Crippen LogP contribution >= 0.6 is 0 Å². The van der Waals surface area contributed by atoms with Crippen LogP contribution in [-0.2, 0) is 14.8 Å². The molecule has 2 rings (SSSR count). The molecule has 1 aliphatic heterocycles. The molecule has 146 valence electrons. The molecule has 0 spiro atoms. The molecular weight excluding hydrogens is 358 g/mol. The van der Waals surface area contributed by atoms with Gasteiger partial charge in [-0.05, 0) is 31.4 Å². The van der Waals surface area contributed by atoms with Crippen LogP contribution in [0.15, 0.2) is 21.6 Å². The molecular formula is C17H27N3O5S. The number of hydrogen-bond donors (Lipinski definition) is 0. The zero-order valence-corrected chi connectivity index (χ0v) is 16.4. The minimum atomic E-state index is -3.73. The van der Waals surface area contributed by atoms with E-state index in [-0.39, 0.29) is 23.3 Å². The lowest BCUT2D eigenvalue weighted by Crippen LogP contribution is -2.40. The van der Waals surface area contributed by atoms with Crippen molar-refractivity contribution in [2.45, 2.75) is 37.7 Å². The summed E-state index contributed by atoms with van der Waals surface area (Å²) in [7, 11) is -0.492. The van der Waals surface area contributed by atoms with Gasteiger partial charge >= 0.3 is 0 Å². The lowest BCUT2D eigenvalue weighted by molar-refractivity contribution is -0.129. The third kappa shape index (κ3) is 4.64. The Morgan fingerprint density at radius 2 is 1.81 bits per heavy atom. The normalized spacial score (nSPS) is 15.7. The maximum absolute atomic E-state index is 12.7. The van der Waals surface area contributed by atoms with Gasteiger partial charge in [0.15, 0.2) is 5.76 Å². The second kappa shape index (κ2) is 8.68. The van der Waals surface area contributed by atoms with Crippen molar-refractivity contribution in [1.29, 1.82) is 0 Å². The lowest BCUT2D eigenvalue weighted by Gasteiger charge is -2.24. The summed E-state index contributed by atoms with van der Waals surface area (Å²) in [6, 6.07) is 2.68. The molecule has 2 amide bonds. The Balaban J connectivity index is 2.18. The quantitative estimate of drug-likeness (QED) is 0.707. The molecule has 8 nitrogen and oxygen atoms in total. The highest BCUT2D eigenvalue weighted by molar-refractivity contribution is 7.89. The Bertz CT molecular complexity index is 735. The molecule has 1 aromatic heterocycles. The maximum Gasteiger partial charge on any atom is 0.290 e. The second-order valence-corrected chi connectivity index (χ2v) is 8.47. The molecule has 2 heterocycles. The van der Waals surface area contributed by atoms with Gasteiger partial charge in [-0.15, -0.1) is 0 Å². The van der Waals surface area contributed by atoms with E-state index in [0.717, 1.165) is 19.3 Å². The maximum atomic E-state index is 12.7. The Kier molecular flexibility index (Phi) is 6.82. The van der Waals surface area contributed by atoms with Gasteiger partial charge in [-0.1, -0.05) is 13.3 Å². The summed E-state index contributed by atoms with van der Waals surface area (Å²) in [6.07, 6.45) is 3.33. The molecule has 0 bridgehead atoms. The number of piperidine rings is 1. The number of amides is 2. The third-order valence-corrected chi connectivity index (χ3v) is 6.08. The Hall–Kier alpha value is -1.87. The van der Waals surface area contributed by atoms with Gasteiger partial charge in [0.05, 0.1) is 0 Å². The molecule has 0 unspecified atom stereocenters. The van der Waals surface area contributed by atoms with E-state index >= 15 is 0 Å².